The van der Waals surface area contributed by atoms with Crippen molar-refractivity contribution >= 4 is 17.9 Å². The number of nitrogens with zero attached hydrogens (tertiary/aromatic N) is 1. The lowest BCUT2D eigenvalue weighted by molar-refractivity contribution is -0.148. The molecule has 2 aromatic rings. The number of benzene rings is 2. The van der Waals surface area contributed by atoms with Crippen molar-refractivity contribution in [3.05, 3.63) is 70.8 Å². The Bertz CT molecular complexity index is 1110. The van der Waals surface area contributed by atoms with Crippen LogP contribution in [0.2, 0.25) is 0 Å². The minimum atomic E-state index is -0.947. The van der Waals surface area contributed by atoms with Gasteiger partial charge in [0.05, 0.1) is 0 Å². The molecule has 220 valence electrons. The van der Waals surface area contributed by atoms with E-state index < -0.39 is 29.3 Å². The molecule has 0 saturated heterocycles. The van der Waals surface area contributed by atoms with Crippen LogP contribution in [-0.4, -0.2) is 46.5 Å². The van der Waals surface area contributed by atoms with Gasteiger partial charge in [-0.25, -0.2) is 4.79 Å². The number of alkyl carbamates (subject to hydrolysis) is 1. The zero-order chi connectivity index (χ0) is 30.1. The second-order valence-electron chi connectivity index (χ2n) is 12.6. The second-order valence-corrected chi connectivity index (χ2v) is 12.6. The predicted octanol–water partition coefficient (Wildman–Crippen LogP) is 6.41. The third kappa shape index (κ3) is 10.3. The number of ether oxygens (including phenoxy) is 1. The maximum absolute atomic E-state index is 14.5. The van der Waals surface area contributed by atoms with E-state index in [0.717, 1.165) is 41.5 Å². The number of hydrogen-bond donors (Lipinski definition) is 2. The molecule has 2 N–H and O–H groups in total. The number of carbonyl (C=O) groups excluding carboxylic acids is 3. The molecule has 0 bridgehead atoms. The lowest BCUT2D eigenvalue weighted by Gasteiger charge is -2.43. The first-order valence-electron chi connectivity index (χ1n) is 14.3. The first-order valence-corrected chi connectivity index (χ1v) is 14.3. The van der Waals surface area contributed by atoms with Crippen LogP contribution in [0, 0.1) is 13.8 Å². The van der Waals surface area contributed by atoms with Gasteiger partial charge < -0.3 is 20.3 Å². The number of hydrogen-bond acceptors (Lipinski definition) is 4. The second kappa shape index (κ2) is 14.3. The zero-order valence-electron chi connectivity index (χ0n) is 25.9. The minimum absolute atomic E-state index is 0.236. The third-order valence-electron chi connectivity index (χ3n) is 6.38. The normalized spacial score (nSPS) is 13.2. The molecule has 3 amide bonds. The first-order chi connectivity index (χ1) is 18.6. The van der Waals surface area contributed by atoms with Gasteiger partial charge in [-0.2, -0.15) is 0 Å². The Hall–Kier alpha value is -3.35. The molecule has 0 aliphatic rings. The lowest BCUT2D eigenvalue weighted by Crippen LogP contribution is -2.59. The lowest BCUT2D eigenvalue weighted by atomic mass is 9.92. The Morgan fingerprint density at radius 2 is 1.50 bits per heavy atom. The van der Waals surface area contributed by atoms with Gasteiger partial charge >= 0.3 is 6.09 Å². The van der Waals surface area contributed by atoms with E-state index in [1.165, 1.54) is 0 Å². The fourth-order valence-electron chi connectivity index (χ4n) is 4.78. The maximum atomic E-state index is 14.5. The van der Waals surface area contributed by atoms with Crippen LogP contribution >= 0.6 is 0 Å². The summed E-state index contributed by atoms with van der Waals surface area (Å²) in [5.41, 5.74) is 2.17. The highest BCUT2D eigenvalue weighted by atomic mass is 16.6. The van der Waals surface area contributed by atoms with Crippen LogP contribution in [-0.2, 0) is 20.7 Å². The van der Waals surface area contributed by atoms with Crippen molar-refractivity contribution in [2.45, 2.75) is 111 Å². The summed E-state index contributed by atoms with van der Waals surface area (Å²) in [6.45, 7) is 17.7. The van der Waals surface area contributed by atoms with Crippen LogP contribution < -0.4 is 10.6 Å². The Morgan fingerprint density at radius 3 is 2.02 bits per heavy atom. The number of rotatable bonds is 11. The largest absolute Gasteiger partial charge is 0.444 e. The molecule has 2 aromatic carbocycles. The maximum Gasteiger partial charge on any atom is 0.408 e. The quantitative estimate of drug-likeness (QED) is 0.316. The summed E-state index contributed by atoms with van der Waals surface area (Å²) in [6.07, 6.45) is 2.49. The number of carbonyl (C=O) groups is 3. The summed E-state index contributed by atoms with van der Waals surface area (Å²) < 4.78 is 5.52. The summed E-state index contributed by atoms with van der Waals surface area (Å²) >= 11 is 0. The third-order valence-corrected chi connectivity index (χ3v) is 6.38. The average molecular weight is 552 g/mol. The van der Waals surface area contributed by atoms with E-state index in [2.05, 4.69) is 17.6 Å². The highest BCUT2D eigenvalue weighted by Crippen LogP contribution is 2.31. The van der Waals surface area contributed by atoms with Crippen molar-refractivity contribution < 1.29 is 19.1 Å². The molecular formula is C33H49N3O4. The smallest absolute Gasteiger partial charge is 0.408 e. The van der Waals surface area contributed by atoms with E-state index in [0.29, 0.717) is 6.54 Å². The topological polar surface area (TPSA) is 87.7 Å². The average Bonchev–Trinajstić information content (AvgIpc) is 2.82. The number of unbranched alkanes of at least 4 members (excludes halogenated alkanes) is 2. The van der Waals surface area contributed by atoms with Crippen LogP contribution in [0.5, 0.6) is 0 Å². The van der Waals surface area contributed by atoms with Crippen LogP contribution in [0.15, 0.2) is 48.5 Å². The van der Waals surface area contributed by atoms with E-state index >= 15 is 0 Å². The van der Waals surface area contributed by atoms with Gasteiger partial charge in [0, 0.05) is 18.5 Å². The Kier molecular flexibility index (Phi) is 11.8. The Balaban J connectivity index is 2.59. The number of amides is 3. The van der Waals surface area contributed by atoms with E-state index in [1.807, 2.05) is 83.1 Å². The molecule has 0 spiro atoms. The van der Waals surface area contributed by atoms with Crippen LogP contribution in [0.4, 0.5) is 4.79 Å². The molecular weight excluding hydrogens is 502 g/mol. The van der Waals surface area contributed by atoms with Gasteiger partial charge in [0.15, 0.2) is 0 Å². The number of aryl methyl sites for hydroxylation is 2. The fraction of sp³-hybridized carbons (Fsp3) is 0.545. The molecule has 2 rings (SSSR count). The molecule has 0 fully saturated rings. The van der Waals surface area contributed by atoms with Crippen molar-refractivity contribution in [3.63, 3.8) is 0 Å². The van der Waals surface area contributed by atoms with Crippen LogP contribution in [0.1, 0.15) is 96.0 Å². The van der Waals surface area contributed by atoms with Crippen molar-refractivity contribution in [2.24, 2.45) is 0 Å². The van der Waals surface area contributed by atoms with E-state index in [-0.39, 0.29) is 18.2 Å². The molecule has 2 unspecified atom stereocenters. The van der Waals surface area contributed by atoms with Crippen LogP contribution in [0.3, 0.4) is 0 Å². The summed E-state index contributed by atoms with van der Waals surface area (Å²) in [6, 6.07) is 13.7. The fourth-order valence-corrected chi connectivity index (χ4v) is 4.78. The standard InChI is InChI=1S/C33H49N3O4/c1-10-11-15-18-34-29(37)28(26-20-23(2)19-24(3)21-26)36(32(4,5)6)30(38)27(22-25-16-13-12-14-17-25)35-31(39)40-33(7,8)9/h12-14,16-17,19-21,27-28H,10-11,15,18,22H2,1-9H3,(H,34,37)(H,35,39). The van der Waals surface area contributed by atoms with Gasteiger partial charge in [-0.3, -0.25) is 9.59 Å². The first kappa shape index (κ1) is 32.9. The summed E-state index contributed by atoms with van der Waals surface area (Å²) in [7, 11) is 0. The van der Waals surface area contributed by atoms with Gasteiger partial charge in [-0.1, -0.05) is 79.4 Å². The Morgan fingerprint density at radius 1 is 0.900 bits per heavy atom. The monoisotopic (exact) mass is 551 g/mol. The summed E-state index contributed by atoms with van der Waals surface area (Å²) in [5.74, 6) is -0.588. The van der Waals surface area contributed by atoms with Gasteiger partial charge in [-0.15, -0.1) is 0 Å². The van der Waals surface area contributed by atoms with Crippen molar-refractivity contribution in [2.75, 3.05) is 6.54 Å². The zero-order valence-corrected chi connectivity index (χ0v) is 25.9. The number of nitrogens with one attached hydrogen (secondary N) is 2. The minimum Gasteiger partial charge on any atom is -0.444 e. The van der Waals surface area contributed by atoms with E-state index in [1.54, 1.807) is 25.7 Å². The SMILES string of the molecule is CCCCCNC(=O)C(c1cc(C)cc(C)c1)N(C(=O)C(Cc1ccccc1)NC(=O)OC(C)(C)C)C(C)(C)C. The molecule has 0 radical (unpaired) electrons. The Labute approximate surface area is 241 Å². The summed E-state index contributed by atoms with van der Waals surface area (Å²) in [5, 5.41) is 5.90. The highest BCUT2D eigenvalue weighted by molar-refractivity contribution is 5.93. The molecule has 2 atom stereocenters. The molecule has 0 aliphatic carbocycles. The summed E-state index contributed by atoms with van der Waals surface area (Å²) in [4.78, 5) is 43.0. The molecule has 0 aromatic heterocycles. The van der Waals surface area contributed by atoms with Crippen molar-refractivity contribution in [1.29, 1.82) is 0 Å². The molecule has 0 saturated carbocycles. The molecule has 0 heterocycles. The van der Waals surface area contributed by atoms with Gasteiger partial charge in [0.1, 0.15) is 17.7 Å². The van der Waals surface area contributed by atoms with Crippen LogP contribution in [0.25, 0.3) is 0 Å². The molecule has 7 heteroatoms. The molecule has 40 heavy (non-hydrogen) atoms. The van der Waals surface area contributed by atoms with Gasteiger partial charge in [0.25, 0.3) is 0 Å². The molecule has 7 nitrogen and oxygen atoms in total. The van der Waals surface area contributed by atoms with Crippen molar-refractivity contribution in [3.8, 4) is 0 Å². The van der Waals surface area contributed by atoms with Gasteiger partial charge in [0.2, 0.25) is 11.8 Å². The van der Waals surface area contributed by atoms with E-state index in [4.69, 9.17) is 4.74 Å². The van der Waals surface area contributed by atoms with E-state index in [9.17, 15) is 14.4 Å². The predicted molar refractivity (Wildman–Crippen MR) is 161 cm³/mol. The highest BCUT2D eigenvalue weighted by Gasteiger charge is 2.42. The van der Waals surface area contributed by atoms with Gasteiger partial charge in [-0.05, 0) is 72.9 Å². The van der Waals surface area contributed by atoms with Crippen molar-refractivity contribution in [1.82, 2.24) is 15.5 Å². The molecule has 0 aliphatic heterocycles.